The number of piperidine rings is 1. The van der Waals surface area contributed by atoms with Crippen LogP contribution in [0.3, 0.4) is 0 Å². The van der Waals surface area contributed by atoms with Gasteiger partial charge in [-0.2, -0.15) is 0 Å². The zero-order valence-electron chi connectivity index (χ0n) is 18.6. The molecule has 0 radical (unpaired) electrons. The van der Waals surface area contributed by atoms with Gasteiger partial charge >= 0.3 is 5.97 Å². The lowest BCUT2D eigenvalue weighted by Gasteiger charge is -2.31. The lowest BCUT2D eigenvalue weighted by Crippen LogP contribution is -2.43. The highest BCUT2D eigenvalue weighted by molar-refractivity contribution is 7.12. The largest absolute Gasteiger partial charge is 0.493 e. The summed E-state index contributed by atoms with van der Waals surface area (Å²) in [6.07, 6.45) is 1.69. The molecule has 176 valence electrons. The Morgan fingerprint density at radius 3 is 2.50 bits per heavy atom. The number of hydrogen-bond donors (Lipinski definition) is 1. The highest BCUT2D eigenvalue weighted by Gasteiger charge is 2.29. The van der Waals surface area contributed by atoms with Crippen LogP contribution in [0.25, 0.3) is 0 Å². The Morgan fingerprint density at radius 1 is 0.971 bits per heavy atom. The van der Waals surface area contributed by atoms with Gasteiger partial charge < -0.3 is 19.7 Å². The second-order valence-electron chi connectivity index (χ2n) is 7.97. The first-order chi connectivity index (χ1) is 16.6. The van der Waals surface area contributed by atoms with Gasteiger partial charge in [0.15, 0.2) is 0 Å². The average Bonchev–Trinajstić information content (AvgIpc) is 3.41. The molecule has 0 bridgehead atoms. The molecular weight excluding hydrogens is 452 g/mol. The molecule has 2 amide bonds. The summed E-state index contributed by atoms with van der Waals surface area (Å²) in [6.45, 7) is 1.27. The van der Waals surface area contributed by atoms with Crippen molar-refractivity contribution in [1.82, 2.24) is 4.90 Å². The molecule has 7 nitrogen and oxygen atoms in total. The van der Waals surface area contributed by atoms with Crippen LogP contribution in [-0.2, 0) is 9.59 Å². The summed E-state index contributed by atoms with van der Waals surface area (Å²) in [6, 6.07) is 19.6. The van der Waals surface area contributed by atoms with Gasteiger partial charge in [-0.25, -0.2) is 0 Å². The Bertz CT molecular complexity index is 1100. The van der Waals surface area contributed by atoms with E-state index in [0.717, 1.165) is 12.2 Å². The fraction of sp³-hybridized carbons (Fsp3) is 0.269. The van der Waals surface area contributed by atoms with Gasteiger partial charge in [-0.3, -0.25) is 14.4 Å². The zero-order chi connectivity index (χ0) is 23.8. The molecule has 1 aliphatic heterocycles. The maximum Gasteiger partial charge on any atom is 0.316 e. The van der Waals surface area contributed by atoms with E-state index in [2.05, 4.69) is 5.32 Å². The molecule has 0 saturated carbocycles. The van der Waals surface area contributed by atoms with Gasteiger partial charge in [0.1, 0.15) is 11.5 Å². The summed E-state index contributed by atoms with van der Waals surface area (Å²) >= 11 is 1.37. The van der Waals surface area contributed by atoms with E-state index in [9.17, 15) is 14.4 Å². The standard InChI is InChI=1S/C26H26N2O5S/c29-24(14-16-32-21-7-2-1-3-8-21)28-15-4-6-19(18-28)26(31)33-22-12-10-20(11-13-22)27-25(30)23-9-5-17-34-23/h1-3,5,7-13,17,19H,4,6,14-16,18H2,(H,27,30). The van der Waals surface area contributed by atoms with Gasteiger partial charge in [0.25, 0.3) is 5.91 Å². The van der Waals surface area contributed by atoms with Gasteiger partial charge in [0.2, 0.25) is 5.91 Å². The Balaban J connectivity index is 1.24. The van der Waals surface area contributed by atoms with E-state index in [1.165, 1.54) is 11.3 Å². The zero-order valence-corrected chi connectivity index (χ0v) is 19.5. The van der Waals surface area contributed by atoms with Gasteiger partial charge in [-0.05, 0) is 60.7 Å². The van der Waals surface area contributed by atoms with Crippen LogP contribution in [0.5, 0.6) is 11.5 Å². The van der Waals surface area contributed by atoms with Crippen LogP contribution in [0, 0.1) is 5.92 Å². The summed E-state index contributed by atoms with van der Waals surface area (Å²) < 4.78 is 11.2. The van der Waals surface area contributed by atoms with Crippen molar-refractivity contribution < 1.29 is 23.9 Å². The lowest BCUT2D eigenvalue weighted by atomic mass is 9.98. The molecule has 34 heavy (non-hydrogen) atoms. The molecule has 1 saturated heterocycles. The third-order valence-corrected chi connectivity index (χ3v) is 6.38. The first kappa shape index (κ1) is 23.5. The van der Waals surface area contributed by atoms with Crippen molar-refractivity contribution in [3.05, 3.63) is 77.0 Å². The second kappa shape index (κ2) is 11.5. The number of para-hydroxylation sites is 1. The Morgan fingerprint density at radius 2 is 1.76 bits per heavy atom. The van der Waals surface area contributed by atoms with Crippen molar-refractivity contribution in [2.24, 2.45) is 5.92 Å². The number of likely N-dealkylation sites (tertiary alicyclic amines) is 1. The number of ether oxygens (including phenoxy) is 2. The Hall–Kier alpha value is -3.65. The highest BCUT2D eigenvalue weighted by atomic mass is 32.1. The van der Waals surface area contributed by atoms with Crippen molar-refractivity contribution in [2.45, 2.75) is 19.3 Å². The highest BCUT2D eigenvalue weighted by Crippen LogP contribution is 2.22. The van der Waals surface area contributed by atoms with Gasteiger partial charge in [0, 0.05) is 18.8 Å². The Kier molecular flexibility index (Phi) is 7.93. The molecule has 2 heterocycles. The van der Waals surface area contributed by atoms with E-state index in [4.69, 9.17) is 9.47 Å². The third-order valence-electron chi connectivity index (χ3n) is 5.51. The van der Waals surface area contributed by atoms with Gasteiger partial charge in [0.05, 0.1) is 23.8 Å². The molecule has 1 fully saturated rings. The number of thiophene rings is 1. The van der Waals surface area contributed by atoms with Crippen molar-refractivity contribution >= 4 is 34.8 Å². The number of benzene rings is 2. The van der Waals surface area contributed by atoms with Crippen LogP contribution >= 0.6 is 11.3 Å². The average molecular weight is 479 g/mol. The lowest BCUT2D eigenvalue weighted by molar-refractivity contribution is -0.143. The number of anilines is 1. The number of esters is 1. The van der Waals surface area contributed by atoms with Crippen LogP contribution in [0.2, 0.25) is 0 Å². The summed E-state index contributed by atoms with van der Waals surface area (Å²) in [5.41, 5.74) is 0.616. The molecule has 0 spiro atoms. The molecule has 2 aromatic carbocycles. The van der Waals surface area contributed by atoms with Crippen molar-refractivity contribution in [3.8, 4) is 11.5 Å². The van der Waals surface area contributed by atoms with E-state index < -0.39 is 0 Å². The number of carbonyl (C=O) groups is 3. The van der Waals surface area contributed by atoms with Crippen LogP contribution < -0.4 is 14.8 Å². The maximum atomic E-state index is 12.7. The summed E-state index contributed by atoms with van der Waals surface area (Å²) in [7, 11) is 0. The number of carbonyl (C=O) groups excluding carboxylic acids is 3. The maximum absolute atomic E-state index is 12.7. The molecule has 4 rings (SSSR count). The number of nitrogens with one attached hydrogen (secondary N) is 1. The minimum absolute atomic E-state index is 0.0285. The predicted octanol–water partition coefficient (Wildman–Crippen LogP) is 4.61. The first-order valence-electron chi connectivity index (χ1n) is 11.2. The van der Waals surface area contributed by atoms with E-state index in [1.807, 2.05) is 41.8 Å². The van der Waals surface area contributed by atoms with Crippen molar-refractivity contribution in [1.29, 1.82) is 0 Å². The van der Waals surface area contributed by atoms with Crippen LogP contribution in [0.15, 0.2) is 72.1 Å². The van der Waals surface area contributed by atoms with Crippen LogP contribution in [0.1, 0.15) is 28.9 Å². The van der Waals surface area contributed by atoms with E-state index in [-0.39, 0.29) is 30.1 Å². The SMILES string of the molecule is O=C(Nc1ccc(OC(=O)C2CCCN(C(=O)CCOc3ccccc3)C2)cc1)c1cccs1. The molecule has 8 heteroatoms. The van der Waals surface area contributed by atoms with Crippen molar-refractivity contribution in [3.63, 3.8) is 0 Å². The molecule has 1 N–H and O–H groups in total. The quantitative estimate of drug-likeness (QED) is 0.377. The van der Waals surface area contributed by atoms with E-state index in [1.54, 1.807) is 35.2 Å². The smallest absolute Gasteiger partial charge is 0.316 e. The first-order valence-corrected chi connectivity index (χ1v) is 12.1. The van der Waals surface area contributed by atoms with Crippen LogP contribution in [-0.4, -0.2) is 42.4 Å². The minimum atomic E-state index is -0.369. The number of hydrogen-bond acceptors (Lipinski definition) is 6. The van der Waals surface area contributed by atoms with Crippen LogP contribution in [0.4, 0.5) is 5.69 Å². The minimum Gasteiger partial charge on any atom is -0.493 e. The number of rotatable bonds is 8. The molecule has 3 aromatic rings. The number of nitrogens with zero attached hydrogens (tertiary/aromatic N) is 1. The predicted molar refractivity (Wildman–Crippen MR) is 130 cm³/mol. The molecule has 0 aliphatic carbocycles. The molecule has 1 aromatic heterocycles. The summed E-state index contributed by atoms with van der Waals surface area (Å²) in [4.78, 5) is 39.8. The molecule has 1 unspecified atom stereocenters. The summed E-state index contributed by atoms with van der Waals surface area (Å²) in [5.74, 6) is 0.200. The molecule has 1 atom stereocenters. The fourth-order valence-electron chi connectivity index (χ4n) is 3.73. The monoisotopic (exact) mass is 478 g/mol. The van der Waals surface area contributed by atoms with E-state index >= 15 is 0 Å². The summed E-state index contributed by atoms with van der Waals surface area (Å²) in [5, 5.41) is 4.65. The Labute approximate surface area is 202 Å². The second-order valence-corrected chi connectivity index (χ2v) is 8.92. The fourth-order valence-corrected chi connectivity index (χ4v) is 4.35. The molecule has 1 aliphatic rings. The molecular formula is C26H26N2O5S. The normalized spacial score (nSPS) is 15.4. The third kappa shape index (κ3) is 6.45. The van der Waals surface area contributed by atoms with Gasteiger partial charge in [-0.15, -0.1) is 11.3 Å². The number of amides is 2. The topological polar surface area (TPSA) is 84.9 Å². The van der Waals surface area contributed by atoms with E-state index in [0.29, 0.717) is 42.4 Å². The van der Waals surface area contributed by atoms with Crippen molar-refractivity contribution in [2.75, 3.05) is 25.0 Å². The van der Waals surface area contributed by atoms with Gasteiger partial charge in [-0.1, -0.05) is 24.3 Å².